The molecule has 3 rings (SSSR count). The third kappa shape index (κ3) is 7.71. The standard InChI is InChI=1S/C26H24BrN3O8/c1-34-21-12-16(13-22(35-2)25(21)36-3)26(33)28-15-23(31)30-29-14-17-11-18(27)6-8-20(17)38-24(32)9-7-19-5-4-10-37-19/h4-14H,15H2,1-3H3,(H,28,33)(H,30,31)/b9-7-,29-14+. The van der Waals surface area contributed by atoms with E-state index in [2.05, 4.69) is 31.8 Å². The van der Waals surface area contributed by atoms with Gasteiger partial charge in [0.25, 0.3) is 11.8 Å². The Labute approximate surface area is 226 Å². The maximum atomic E-state index is 12.5. The van der Waals surface area contributed by atoms with Crippen LogP contribution in [0.15, 0.2) is 68.8 Å². The molecule has 0 atom stereocenters. The molecule has 0 saturated heterocycles. The second-order valence-electron chi connectivity index (χ2n) is 7.34. The molecule has 2 amide bonds. The molecule has 0 aliphatic rings. The first-order valence-electron chi connectivity index (χ1n) is 11.0. The van der Waals surface area contributed by atoms with Crippen molar-refractivity contribution < 1.29 is 37.7 Å². The summed E-state index contributed by atoms with van der Waals surface area (Å²) in [5, 5.41) is 6.38. The Morgan fingerprint density at radius 1 is 1.00 bits per heavy atom. The van der Waals surface area contributed by atoms with Crippen LogP contribution < -0.4 is 29.7 Å². The Balaban J connectivity index is 1.58. The average molecular weight is 586 g/mol. The van der Waals surface area contributed by atoms with Crippen LogP contribution >= 0.6 is 15.9 Å². The van der Waals surface area contributed by atoms with Gasteiger partial charge < -0.3 is 28.7 Å². The van der Waals surface area contributed by atoms with Gasteiger partial charge in [-0.2, -0.15) is 5.10 Å². The summed E-state index contributed by atoms with van der Waals surface area (Å²) in [7, 11) is 4.31. The predicted molar refractivity (Wildman–Crippen MR) is 142 cm³/mol. The highest BCUT2D eigenvalue weighted by atomic mass is 79.9. The summed E-state index contributed by atoms with van der Waals surface area (Å²) in [5.74, 6) is -0.0949. The first-order chi connectivity index (χ1) is 18.3. The molecule has 0 saturated carbocycles. The van der Waals surface area contributed by atoms with Gasteiger partial charge in [-0.15, -0.1) is 0 Å². The van der Waals surface area contributed by atoms with Crippen LogP contribution in [0, 0.1) is 0 Å². The first-order valence-corrected chi connectivity index (χ1v) is 11.8. The smallest absolute Gasteiger partial charge is 0.336 e. The number of hydrogen-bond donors (Lipinski definition) is 2. The fraction of sp³-hybridized carbons (Fsp3) is 0.154. The van der Waals surface area contributed by atoms with Crippen molar-refractivity contribution in [1.82, 2.24) is 10.7 Å². The maximum Gasteiger partial charge on any atom is 0.336 e. The van der Waals surface area contributed by atoms with Crippen molar-refractivity contribution in [2.75, 3.05) is 27.9 Å². The van der Waals surface area contributed by atoms with Crippen LogP contribution in [-0.2, 0) is 9.59 Å². The lowest BCUT2D eigenvalue weighted by Gasteiger charge is -2.14. The number of methoxy groups -OCH3 is 3. The summed E-state index contributed by atoms with van der Waals surface area (Å²) in [4.78, 5) is 36.9. The summed E-state index contributed by atoms with van der Waals surface area (Å²) < 4.78 is 26.9. The summed E-state index contributed by atoms with van der Waals surface area (Å²) in [6.07, 6.45) is 5.49. The maximum absolute atomic E-state index is 12.5. The molecule has 3 aromatic rings. The topological polar surface area (TPSA) is 138 Å². The van der Waals surface area contributed by atoms with Crippen molar-refractivity contribution in [3.05, 3.63) is 76.2 Å². The molecule has 11 nitrogen and oxygen atoms in total. The minimum atomic E-state index is -0.628. The van der Waals surface area contributed by atoms with Gasteiger partial charge in [-0.05, 0) is 48.5 Å². The van der Waals surface area contributed by atoms with Gasteiger partial charge in [-0.1, -0.05) is 15.9 Å². The number of nitrogens with one attached hydrogen (secondary N) is 2. The second-order valence-corrected chi connectivity index (χ2v) is 8.26. The van der Waals surface area contributed by atoms with Gasteiger partial charge >= 0.3 is 5.97 Å². The van der Waals surface area contributed by atoms with Crippen LogP contribution in [0.5, 0.6) is 23.0 Å². The van der Waals surface area contributed by atoms with Crippen molar-refractivity contribution in [3.8, 4) is 23.0 Å². The molecule has 198 valence electrons. The quantitative estimate of drug-likeness (QED) is 0.114. The van der Waals surface area contributed by atoms with Crippen LogP contribution in [0.4, 0.5) is 0 Å². The van der Waals surface area contributed by atoms with E-state index in [1.165, 1.54) is 58.1 Å². The van der Waals surface area contributed by atoms with Gasteiger partial charge in [0.2, 0.25) is 5.75 Å². The summed E-state index contributed by atoms with van der Waals surface area (Å²) in [6.45, 7) is -0.356. The summed E-state index contributed by atoms with van der Waals surface area (Å²) in [6, 6.07) is 11.2. The number of benzene rings is 2. The van der Waals surface area contributed by atoms with E-state index in [-0.39, 0.29) is 17.9 Å². The highest BCUT2D eigenvalue weighted by Gasteiger charge is 2.17. The zero-order chi connectivity index (χ0) is 27.5. The van der Waals surface area contributed by atoms with Gasteiger partial charge in [-0.3, -0.25) is 9.59 Å². The number of nitrogens with zero attached hydrogens (tertiary/aromatic N) is 1. The van der Waals surface area contributed by atoms with E-state index in [1.807, 2.05) is 0 Å². The zero-order valence-electron chi connectivity index (χ0n) is 20.6. The number of halogens is 1. The minimum Gasteiger partial charge on any atom is -0.493 e. The third-order valence-corrected chi connectivity index (χ3v) is 5.33. The van der Waals surface area contributed by atoms with Crippen LogP contribution in [0.3, 0.4) is 0 Å². The van der Waals surface area contributed by atoms with Gasteiger partial charge in [0.15, 0.2) is 11.5 Å². The first kappa shape index (κ1) is 28.0. The molecule has 12 heteroatoms. The van der Waals surface area contributed by atoms with E-state index in [1.54, 1.807) is 30.3 Å². The molecule has 0 aliphatic heterocycles. The van der Waals surface area contributed by atoms with Gasteiger partial charge in [0, 0.05) is 21.7 Å². The normalized spacial score (nSPS) is 10.8. The molecular weight excluding hydrogens is 562 g/mol. The molecule has 0 radical (unpaired) electrons. The van der Waals surface area contributed by atoms with Crippen LogP contribution in [0.25, 0.3) is 6.08 Å². The number of ether oxygens (including phenoxy) is 4. The van der Waals surface area contributed by atoms with Crippen molar-refractivity contribution >= 4 is 46.0 Å². The molecule has 0 fully saturated rings. The molecule has 0 aliphatic carbocycles. The molecular formula is C26H24BrN3O8. The van der Waals surface area contributed by atoms with E-state index >= 15 is 0 Å². The fourth-order valence-electron chi connectivity index (χ4n) is 3.08. The number of rotatable bonds is 11. The largest absolute Gasteiger partial charge is 0.493 e. The molecule has 0 spiro atoms. The monoisotopic (exact) mass is 585 g/mol. The van der Waals surface area contributed by atoms with Crippen molar-refractivity contribution in [2.45, 2.75) is 0 Å². The average Bonchev–Trinajstić information content (AvgIpc) is 3.45. The molecule has 0 bridgehead atoms. The lowest BCUT2D eigenvalue weighted by molar-refractivity contribution is -0.129. The molecule has 1 aromatic heterocycles. The Morgan fingerprint density at radius 3 is 2.37 bits per heavy atom. The predicted octanol–water partition coefficient (Wildman–Crippen LogP) is 3.57. The third-order valence-electron chi connectivity index (χ3n) is 4.84. The molecule has 2 N–H and O–H groups in total. The van der Waals surface area contributed by atoms with Crippen LogP contribution in [-0.4, -0.2) is 51.9 Å². The minimum absolute atomic E-state index is 0.206. The highest BCUT2D eigenvalue weighted by molar-refractivity contribution is 9.10. The van der Waals surface area contributed by atoms with E-state index in [4.69, 9.17) is 23.4 Å². The van der Waals surface area contributed by atoms with E-state index < -0.39 is 17.8 Å². The fourth-order valence-corrected chi connectivity index (χ4v) is 3.46. The summed E-state index contributed by atoms with van der Waals surface area (Å²) >= 11 is 3.34. The highest BCUT2D eigenvalue weighted by Crippen LogP contribution is 2.38. The molecule has 38 heavy (non-hydrogen) atoms. The van der Waals surface area contributed by atoms with Crippen molar-refractivity contribution in [3.63, 3.8) is 0 Å². The number of esters is 1. The lowest BCUT2D eigenvalue weighted by atomic mass is 10.1. The molecule has 0 unspecified atom stereocenters. The van der Waals surface area contributed by atoms with Gasteiger partial charge in [0.1, 0.15) is 11.5 Å². The van der Waals surface area contributed by atoms with Gasteiger partial charge in [0.05, 0.1) is 40.4 Å². The number of hydrogen-bond acceptors (Lipinski definition) is 9. The molecule has 1 heterocycles. The van der Waals surface area contributed by atoms with E-state index in [0.717, 1.165) is 0 Å². The van der Waals surface area contributed by atoms with Crippen LogP contribution in [0.2, 0.25) is 0 Å². The number of carbonyl (C=O) groups excluding carboxylic acids is 3. The van der Waals surface area contributed by atoms with Crippen LogP contribution in [0.1, 0.15) is 21.7 Å². The van der Waals surface area contributed by atoms with Crippen molar-refractivity contribution in [1.29, 1.82) is 0 Å². The Bertz CT molecular complexity index is 1330. The van der Waals surface area contributed by atoms with Gasteiger partial charge in [-0.25, -0.2) is 10.2 Å². The number of amides is 2. The Kier molecular flexibility index (Phi) is 10.1. The SMILES string of the molecule is COc1cc(C(=O)NCC(=O)N/N=C/c2cc(Br)ccc2OC(=O)/C=C\c2ccco2)cc(OC)c1OC. The number of furan rings is 1. The van der Waals surface area contributed by atoms with E-state index in [0.29, 0.717) is 33.0 Å². The van der Waals surface area contributed by atoms with Crippen molar-refractivity contribution in [2.24, 2.45) is 5.10 Å². The Hall–Kier alpha value is -4.58. The number of carbonyl (C=O) groups is 3. The number of hydrazone groups is 1. The zero-order valence-corrected chi connectivity index (χ0v) is 22.2. The second kappa shape index (κ2) is 13.7. The van der Waals surface area contributed by atoms with E-state index in [9.17, 15) is 14.4 Å². The Morgan fingerprint density at radius 2 is 1.74 bits per heavy atom. The summed E-state index contributed by atoms with van der Waals surface area (Å²) in [5.41, 5.74) is 2.93. The lowest BCUT2D eigenvalue weighted by Crippen LogP contribution is -2.35. The molecule has 2 aromatic carbocycles.